The lowest BCUT2D eigenvalue weighted by Gasteiger charge is -2.04. The van der Waals surface area contributed by atoms with Gasteiger partial charge in [-0.2, -0.15) is 0 Å². The minimum absolute atomic E-state index is 0.386. The van der Waals surface area contributed by atoms with Crippen LogP contribution in [0.25, 0.3) is 0 Å². The molecule has 0 radical (unpaired) electrons. The van der Waals surface area contributed by atoms with Crippen LogP contribution >= 0.6 is 0 Å². The van der Waals surface area contributed by atoms with Gasteiger partial charge in [-0.05, 0) is 35.4 Å². The van der Waals surface area contributed by atoms with E-state index in [1.54, 1.807) is 0 Å². The van der Waals surface area contributed by atoms with E-state index in [1.165, 1.54) is 11.1 Å². The zero-order valence-electron chi connectivity index (χ0n) is 17.5. The fraction of sp³-hybridized carbons (Fsp3) is 0.0741. The molecule has 0 saturated heterocycles. The predicted octanol–water partition coefficient (Wildman–Crippen LogP) is 5.72. The Balaban J connectivity index is 0.000000176. The van der Waals surface area contributed by atoms with Crippen LogP contribution in [0.3, 0.4) is 0 Å². The molecule has 0 aliphatic rings. The Hall–Kier alpha value is -3.89. The van der Waals surface area contributed by atoms with Crippen molar-refractivity contribution in [2.75, 3.05) is 5.32 Å². The summed E-state index contributed by atoms with van der Waals surface area (Å²) < 4.78 is 0. The van der Waals surface area contributed by atoms with Crippen LogP contribution in [0.1, 0.15) is 11.1 Å². The number of guanidine groups is 1. The van der Waals surface area contributed by atoms with Gasteiger partial charge in [0, 0.05) is 18.8 Å². The van der Waals surface area contributed by atoms with E-state index in [-0.39, 0.29) is 0 Å². The molecule has 0 atom stereocenters. The van der Waals surface area contributed by atoms with Gasteiger partial charge in [0.2, 0.25) is 0 Å². The molecule has 0 amide bonds. The molecule has 156 valence electrons. The SMILES string of the molecule is NC(=Nc1ccccc1)Nc1ccccc1.c1ccc(CNCc2ccccc2)cc1. The number of rotatable bonds is 6. The van der Waals surface area contributed by atoms with Crippen molar-refractivity contribution in [3.8, 4) is 0 Å². The third kappa shape index (κ3) is 8.56. The van der Waals surface area contributed by atoms with Gasteiger partial charge in [0.25, 0.3) is 0 Å². The summed E-state index contributed by atoms with van der Waals surface area (Å²) in [6.07, 6.45) is 0. The van der Waals surface area contributed by atoms with Gasteiger partial charge >= 0.3 is 0 Å². The van der Waals surface area contributed by atoms with E-state index in [9.17, 15) is 0 Å². The molecule has 0 aromatic heterocycles. The van der Waals surface area contributed by atoms with Crippen LogP contribution in [0.2, 0.25) is 0 Å². The van der Waals surface area contributed by atoms with E-state index >= 15 is 0 Å². The summed E-state index contributed by atoms with van der Waals surface area (Å²) in [5.41, 5.74) is 10.2. The smallest absolute Gasteiger partial charge is 0.198 e. The quantitative estimate of drug-likeness (QED) is 0.282. The molecule has 0 fully saturated rings. The lowest BCUT2D eigenvalue weighted by molar-refractivity contribution is 0.693. The Morgan fingerprint density at radius 3 is 1.48 bits per heavy atom. The predicted molar refractivity (Wildman–Crippen MR) is 131 cm³/mol. The summed E-state index contributed by atoms with van der Waals surface area (Å²) in [6, 6.07) is 40.2. The van der Waals surface area contributed by atoms with Crippen molar-refractivity contribution in [1.29, 1.82) is 0 Å². The Bertz CT molecular complexity index is 978. The molecule has 0 unspecified atom stereocenters. The van der Waals surface area contributed by atoms with Crippen molar-refractivity contribution in [3.63, 3.8) is 0 Å². The summed E-state index contributed by atoms with van der Waals surface area (Å²) in [5.74, 6) is 0.386. The summed E-state index contributed by atoms with van der Waals surface area (Å²) in [4.78, 5) is 4.24. The average molecular weight is 409 g/mol. The summed E-state index contributed by atoms with van der Waals surface area (Å²) in [5, 5.41) is 6.44. The van der Waals surface area contributed by atoms with E-state index in [0.29, 0.717) is 5.96 Å². The molecule has 4 heteroatoms. The number of para-hydroxylation sites is 2. The second-order valence-electron chi connectivity index (χ2n) is 6.90. The Morgan fingerprint density at radius 2 is 1.00 bits per heavy atom. The van der Waals surface area contributed by atoms with Crippen LogP contribution in [0.4, 0.5) is 11.4 Å². The molecular formula is C27H28N4. The molecule has 0 aliphatic heterocycles. The van der Waals surface area contributed by atoms with Gasteiger partial charge in [0.1, 0.15) is 0 Å². The van der Waals surface area contributed by atoms with Crippen LogP contribution in [0, 0.1) is 0 Å². The number of aliphatic imine (C=N–C) groups is 1. The first kappa shape index (κ1) is 21.8. The fourth-order valence-corrected chi connectivity index (χ4v) is 2.88. The van der Waals surface area contributed by atoms with Crippen LogP contribution in [0.5, 0.6) is 0 Å². The molecule has 0 heterocycles. The van der Waals surface area contributed by atoms with E-state index in [2.05, 4.69) is 64.2 Å². The second-order valence-corrected chi connectivity index (χ2v) is 6.90. The fourth-order valence-electron chi connectivity index (χ4n) is 2.88. The Kier molecular flexibility index (Phi) is 8.88. The second kappa shape index (κ2) is 12.6. The number of benzene rings is 4. The third-order valence-corrected chi connectivity index (χ3v) is 4.40. The van der Waals surface area contributed by atoms with Crippen molar-refractivity contribution in [3.05, 3.63) is 132 Å². The molecule has 0 aliphatic carbocycles. The molecular weight excluding hydrogens is 380 g/mol. The molecule has 4 N–H and O–H groups in total. The van der Waals surface area contributed by atoms with E-state index < -0.39 is 0 Å². The maximum atomic E-state index is 5.78. The number of anilines is 1. The van der Waals surface area contributed by atoms with Crippen molar-refractivity contribution < 1.29 is 0 Å². The maximum Gasteiger partial charge on any atom is 0.198 e. The van der Waals surface area contributed by atoms with Crippen molar-refractivity contribution in [2.24, 2.45) is 10.7 Å². The van der Waals surface area contributed by atoms with Crippen molar-refractivity contribution in [1.82, 2.24) is 5.32 Å². The summed E-state index contributed by atoms with van der Waals surface area (Å²) in [7, 11) is 0. The summed E-state index contributed by atoms with van der Waals surface area (Å²) >= 11 is 0. The lowest BCUT2D eigenvalue weighted by atomic mass is 10.2. The number of hydrogen-bond donors (Lipinski definition) is 3. The highest BCUT2D eigenvalue weighted by Crippen LogP contribution is 2.10. The zero-order valence-corrected chi connectivity index (χ0v) is 17.5. The Labute approximate surface area is 184 Å². The van der Waals surface area contributed by atoms with E-state index in [0.717, 1.165) is 24.5 Å². The molecule has 0 bridgehead atoms. The lowest BCUT2D eigenvalue weighted by Crippen LogP contribution is -2.21. The van der Waals surface area contributed by atoms with Crippen molar-refractivity contribution in [2.45, 2.75) is 13.1 Å². The normalized spacial score (nSPS) is 10.6. The van der Waals surface area contributed by atoms with E-state index in [4.69, 9.17) is 5.73 Å². The average Bonchev–Trinajstić information content (AvgIpc) is 2.82. The van der Waals surface area contributed by atoms with Crippen LogP contribution in [-0.4, -0.2) is 5.96 Å². The molecule has 0 spiro atoms. The van der Waals surface area contributed by atoms with Crippen LogP contribution in [-0.2, 0) is 13.1 Å². The topological polar surface area (TPSA) is 62.4 Å². The standard InChI is InChI=1S/C14H15N.C13H13N3/c1-3-7-13(8-4-1)11-15-12-14-9-5-2-6-10-14;14-13(15-11-7-3-1-4-8-11)16-12-9-5-2-6-10-12/h1-10,15H,11-12H2;1-10H,(H3,14,15,16). The number of hydrogen-bond acceptors (Lipinski definition) is 2. The van der Waals surface area contributed by atoms with Gasteiger partial charge < -0.3 is 16.4 Å². The zero-order chi connectivity index (χ0) is 21.6. The highest BCUT2D eigenvalue weighted by molar-refractivity contribution is 5.93. The number of nitrogens with one attached hydrogen (secondary N) is 2. The molecule has 31 heavy (non-hydrogen) atoms. The third-order valence-electron chi connectivity index (χ3n) is 4.40. The first-order valence-corrected chi connectivity index (χ1v) is 10.3. The minimum Gasteiger partial charge on any atom is -0.369 e. The molecule has 4 aromatic rings. The van der Waals surface area contributed by atoms with Crippen molar-refractivity contribution >= 4 is 17.3 Å². The van der Waals surface area contributed by atoms with Gasteiger partial charge in [-0.3, -0.25) is 0 Å². The molecule has 4 nitrogen and oxygen atoms in total. The number of nitrogens with two attached hydrogens (primary N) is 1. The largest absolute Gasteiger partial charge is 0.369 e. The van der Waals surface area contributed by atoms with Gasteiger partial charge in [0.15, 0.2) is 5.96 Å². The van der Waals surface area contributed by atoms with Gasteiger partial charge in [-0.1, -0.05) is 97.1 Å². The monoisotopic (exact) mass is 408 g/mol. The number of nitrogens with zero attached hydrogens (tertiary/aromatic N) is 1. The molecule has 4 rings (SSSR count). The van der Waals surface area contributed by atoms with Gasteiger partial charge in [-0.15, -0.1) is 0 Å². The molecule has 4 aromatic carbocycles. The first-order chi connectivity index (χ1) is 15.3. The Morgan fingerprint density at radius 1 is 0.581 bits per heavy atom. The first-order valence-electron chi connectivity index (χ1n) is 10.3. The highest BCUT2D eigenvalue weighted by Gasteiger charge is 1.94. The summed E-state index contributed by atoms with van der Waals surface area (Å²) in [6.45, 7) is 1.85. The van der Waals surface area contributed by atoms with Gasteiger partial charge in [0.05, 0.1) is 5.69 Å². The highest BCUT2D eigenvalue weighted by atomic mass is 15.1. The van der Waals surface area contributed by atoms with Crippen LogP contribution in [0.15, 0.2) is 126 Å². The maximum absolute atomic E-state index is 5.78. The van der Waals surface area contributed by atoms with Crippen LogP contribution < -0.4 is 16.4 Å². The minimum atomic E-state index is 0.386. The molecule has 0 saturated carbocycles. The van der Waals surface area contributed by atoms with Gasteiger partial charge in [-0.25, -0.2) is 4.99 Å². The van der Waals surface area contributed by atoms with E-state index in [1.807, 2.05) is 72.8 Å².